The standard InChI is InChI=1S/C15H17NO4/c1-4-12(17)16-11-7-6-9(3)8-10(11)14(15(16)19)20-13(18)5-2/h6-8,14H,4-5H2,1-3H3. The summed E-state index contributed by atoms with van der Waals surface area (Å²) in [6.07, 6.45) is -0.604. The highest BCUT2D eigenvalue weighted by atomic mass is 16.5. The molecule has 0 aromatic heterocycles. The minimum Gasteiger partial charge on any atom is -0.447 e. The number of benzene rings is 1. The molecule has 0 bridgehead atoms. The van der Waals surface area contributed by atoms with Crippen molar-refractivity contribution in [1.29, 1.82) is 0 Å². The molecule has 2 amide bonds. The SMILES string of the molecule is CCC(=O)OC1C(=O)N(C(=O)CC)c2ccc(C)cc21. The number of fused-ring (bicyclic) bond motifs is 1. The van der Waals surface area contributed by atoms with Crippen LogP contribution in [0.3, 0.4) is 0 Å². The van der Waals surface area contributed by atoms with Crippen molar-refractivity contribution in [2.75, 3.05) is 4.90 Å². The number of carbonyl (C=O) groups excluding carboxylic acids is 3. The van der Waals surface area contributed by atoms with Crippen molar-refractivity contribution in [3.63, 3.8) is 0 Å². The largest absolute Gasteiger partial charge is 0.447 e. The Labute approximate surface area is 117 Å². The second-order valence-electron chi connectivity index (χ2n) is 4.71. The van der Waals surface area contributed by atoms with E-state index >= 15 is 0 Å². The molecule has 5 heteroatoms. The van der Waals surface area contributed by atoms with Crippen molar-refractivity contribution < 1.29 is 19.1 Å². The van der Waals surface area contributed by atoms with Crippen LogP contribution in [0.4, 0.5) is 5.69 Å². The number of amides is 2. The summed E-state index contributed by atoms with van der Waals surface area (Å²) in [6.45, 7) is 5.23. The van der Waals surface area contributed by atoms with Crippen LogP contribution in [-0.4, -0.2) is 17.8 Å². The number of nitrogens with zero attached hydrogens (tertiary/aromatic N) is 1. The summed E-state index contributed by atoms with van der Waals surface area (Å²) in [5.41, 5.74) is 2.04. The van der Waals surface area contributed by atoms with Gasteiger partial charge in [0, 0.05) is 18.4 Å². The molecule has 0 saturated heterocycles. The molecule has 0 aliphatic carbocycles. The summed E-state index contributed by atoms with van der Waals surface area (Å²) in [7, 11) is 0. The monoisotopic (exact) mass is 275 g/mol. The fourth-order valence-corrected chi connectivity index (χ4v) is 2.20. The Morgan fingerprint density at radius 1 is 1.25 bits per heavy atom. The smallest absolute Gasteiger partial charge is 0.306 e. The molecule has 1 aromatic rings. The van der Waals surface area contributed by atoms with E-state index in [9.17, 15) is 14.4 Å². The van der Waals surface area contributed by atoms with Crippen LogP contribution >= 0.6 is 0 Å². The molecule has 0 spiro atoms. The van der Waals surface area contributed by atoms with Crippen molar-refractivity contribution in [2.24, 2.45) is 0 Å². The molecule has 1 heterocycles. The van der Waals surface area contributed by atoms with Gasteiger partial charge in [0.15, 0.2) is 0 Å². The number of rotatable bonds is 3. The van der Waals surface area contributed by atoms with Crippen molar-refractivity contribution >= 4 is 23.5 Å². The maximum atomic E-state index is 12.4. The Morgan fingerprint density at radius 2 is 1.95 bits per heavy atom. The molecule has 1 aliphatic rings. The number of carbonyl (C=O) groups is 3. The van der Waals surface area contributed by atoms with Gasteiger partial charge in [-0.2, -0.15) is 0 Å². The highest BCUT2D eigenvalue weighted by molar-refractivity contribution is 6.20. The van der Waals surface area contributed by atoms with Crippen LogP contribution in [0.2, 0.25) is 0 Å². The lowest BCUT2D eigenvalue weighted by Gasteiger charge is -2.14. The van der Waals surface area contributed by atoms with E-state index < -0.39 is 18.0 Å². The maximum absolute atomic E-state index is 12.4. The molecule has 0 saturated carbocycles. The van der Waals surface area contributed by atoms with Gasteiger partial charge in [-0.3, -0.25) is 14.4 Å². The Kier molecular flexibility index (Phi) is 3.88. The maximum Gasteiger partial charge on any atom is 0.306 e. The van der Waals surface area contributed by atoms with Crippen molar-refractivity contribution in [3.05, 3.63) is 29.3 Å². The third-order valence-corrected chi connectivity index (χ3v) is 3.24. The van der Waals surface area contributed by atoms with Gasteiger partial charge >= 0.3 is 5.97 Å². The Morgan fingerprint density at radius 3 is 2.55 bits per heavy atom. The molecule has 5 nitrogen and oxygen atoms in total. The molecule has 20 heavy (non-hydrogen) atoms. The van der Waals surface area contributed by atoms with Gasteiger partial charge in [0.1, 0.15) is 0 Å². The van der Waals surface area contributed by atoms with Crippen LogP contribution in [0.1, 0.15) is 43.9 Å². The summed E-state index contributed by atoms with van der Waals surface area (Å²) in [4.78, 5) is 36.9. The topological polar surface area (TPSA) is 63.7 Å². The first-order valence-electron chi connectivity index (χ1n) is 6.66. The summed E-state index contributed by atoms with van der Waals surface area (Å²) in [5.74, 6) is -1.24. The lowest BCUT2D eigenvalue weighted by molar-refractivity contribution is -0.155. The zero-order chi connectivity index (χ0) is 14.9. The fraction of sp³-hybridized carbons (Fsp3) is 0.400. The minimum absolute atomic E-state index is 0.187. The predicted molar refractivity (Wildman–Crippen MR) is 73.1 cm³/mol. The zero-order valence-corrected chi connectivity index (χ0v) is 11.8. The lowest BCUT2D eigenvalue weighted by Crippen LogP contribution is -2.35. The van der Waals surface area contributed by atoms with Crippen LogP contribution in [-0.2, 0) is 19.1 Å². The van der Waals surface area contributed by atoms with Crippen LogP contribution in [0.15, 0.2) is 18.2 Å². The van der Waals surface area contributed by atoms with Gasteiger partial charge in [0.05, 0.1) is 5.69 Å². The molecular formula is C15H17NO4. The number of hydrogen-bond acceptors (Lipinski definition) is 4. The number of anilines is 1. The summed E-state index contributed by atoms with van der Waals surface area (Å²) >= 11 is 0. The third kappa shape index (κ3) is 2.31. The van der Waals surface area contributed by atoms with E-state index in [0.29, 0.717) is 11.3 Å². The Bertz CT molecular complexity index is 579. The van der Waals surface area contributed by atoms with E-state index in [4.69, 9.17) is 4.74 Å². The quantitative estimate of drug-likeness (QED) is 0.794. The third-order valence-electron chi connectivity index (χ3n) is 3.24. The van der Waals surface area contributed by atoms with Gasteiger partial charge in [-0.1, -0.05) is 25.5 Å². The van der Waals surface area contributed by atoms with Crippen LogP contribution in [0.5, 0.6) is 0 Å². The van der Waals surface area contributed by atoms with Crippen LogP contribution in [0.25, 0.3) is 0 Å². The second kappa shape index (κ2) is 5.45. The molecule has 0 radical (unpaired) electrons. The van der Waals surface area contributed by atoms with E-state index in [1.54, 1.807) is 26.0 Å². The molecule has 106 valence electrons. The normalized spacial score (nSPS) is 17.1. The van der Waals surface area contributed by atoms with Crippen molar-refractivity contribution in [2.45, 2.75) is 39.7 Å². The van der Waals surface area contributed by atoms with Gasteiger partial charge in [-0.25, -0.2) is 4.90 Å². The molecule has 2 rings (SSSR count). The minimum atomic E-state index is -1.01. The molecule has 1 aromatic carbocycles. The van der Waals surface area contributed by atoms with Crippen molar-refractivity contribution in [1.82, 2.24) is 0 Å². The zero-order valence-electron chi connectivity index (χ0n) is 11.8. The number of aryl methyl sites for hydroxylation is 1. The van der Waals surface area contributed by atoms with Crippen LogP contribution in [0, 0.1) is 6.92 Å². The Balaban J connectivity index is 2.46. The van der Waals surface area contributed by atoms with E-state index in [2.05, 4.69) is 0 Å². The fourth-order valence-electron chi connectivity index (χ4n) is 2.20. The number of imide groups is 1. The molecule has 0 fully saturated rings. The van der Waals surface area contributed by atoms with Gasteiger partial charge < -0.3 is 4.74 Å². The first-order valence-corrected chi connectivity index (χ1v) is 6.66. The first-order chi connectivity index (χ1) is 9.49. The first kappa shape index (κ1) is 14.2. The predicted octanol–water partition coefficient (Wildman–Crippen LogP) is 2.27. The van der Waals surface area contributed by atoms with Gasteiger partial charge in [0.2, 0.25) is 12.0 Å². The molecule has 0 N–H and O–H groups in total. The van der Waals surface area contributed by atoms with E-state index in [1.807, 2.05) is 13.0 Å². The van der Waals surface area contributed by atoms with E-state index in [-0.39, 0.29) is 18.7 Å². The average molecular weight is 275 g/mol. The molecule has 1 unspecified atom stereocenters. The van der Waals surface area contributed by atoms with Gasteiger partial charge in [-0.15, -0.1) is 0 Å². The van der Waals surface area contributed by atoms with E-state index in [1.165, 1.54) is 0 Å². The molecule has 1 atom stereocenters. The summed E-state index contributed by atoms with van der Waals surface area (Å²) < 4.78 is 5.20. The second-order valence-corrected chi connectivity index (χ2v) is 4.71. The highest BCUT2D eigenvalue weighted by Crippen LogP contribution is 2.39. The van der Waals surface area contributed by atoms with E-state index in [0.717, 1.165) is 10.5 Å². The Hall–Kier alpha value is -2.17. The molecular weight excluding hydrogens is 258 g/mol. The number of hydrogen-bond donors (Lipinski definition) is 0. The average Bonchev–Trinajstić information content (AvgIpc) is 2.70. The number of ether oxygens (including phenoxy) is 1. The summed E-state index contributed by atoms with van der Waals surface area (Å²) in [5, 5.41) is 0. The van der Waals surface area contributed by atoms with Crippen LogP contribution < -0.4 is 4.90 Å². The lowest BCUT2D eigenvalue weighted by atomic mass is 10.1. The summed E-state index contributed by atoms with van der Waals surface area (Å²) in [6, 6.07) is 5.33. The number of esters is 1. The van der Waals surface area contributed by atoms with Gasteiger partial charge in [-0.05, 0) is 19.1 Å². The highest BCUT2D eigenvalue weighted by Gasteiger charge is 2.42. The van der Waals surface area contributed by atoms with Gasteiger partial charge in [0.25, 0.3) is 5.91 Å². The molecule has 1 aliphatic heterocycles. The van der Waals surface area contributed by atoms with Crippen molar-refractivity contribution in [3.8, 4) is 0 Å².